The van der Waals surface area contributed by atoms with Gasteiger partial charge in [0.1, 0.15) is 5.82 Å². The van der Waals surface area contributed by atoms with Gasteiger partial charge in [-0.3, -0.25) is 9.52 Å². The second-order valence-corrected chi connectivity index (χ2v) is 8.37. The summed E-state index contributed by atoms with van der Waals surface area (Å²) in [6.45, 7) is 2.11. The maximum absolute atomic E-state index is 13.0. The predicted octanol–water partition coefficient (Wildman–Crippen LogP) is 3.93. The van der Waals surface area contributed by atoms with Crippen LogP contribution in [0.4, 0.5) is 10.1 Å². The summed E-state index contributed by atoms with van der Waals surface area (Å²) >= 11 is 1.54. The fourth-order valence-corrected chi connectivity index (χ4v) is 4.17. The molecule has 0 fully saturated rings. The summed E-state index contributed by atoms with van der Waals surface area (Å²) in [5.74, 6) is -0.810. The van der Waals surface area contributed by atoms with Crippen LogP contribution in [0.15, 0.2) is 64.2 Å². The van der Waals surface area contributed by atoms with Crippen LogP contribution in [-0.4, -0.2) is 14.3 Å². The van der Waals surface area contributed by atoms with Crippen molar-refractivity contribution in [3.8, 4) is 0 Å². The number of carbonyl (C=O) groups is 1. The zero-order valence-electron chi connectivity index (χ0n) is 14.4. The molecule has 0 spiro atoms. The van der Waals surface area contributed by atoms with Crippen LogP contribution in [0.3, 0.4) is 0 Å². The molecule has 3 rings (SSSR count). The van der Waals surface area contributed by atoms with Gasteiger partial charge in [0, 0.05) is 17.8 Å². The Balaban J connectivity index is 1.80. The quantitative estimate of drug-likeness (QED) is 0.654. The number of nitrogens with one attached hydrogen (secondary N) is 2. The smallest absolute Gasteiger partial charge is 0.261 e. The number of amides is 1. The molecule has 1 heterocycles. The topological polar surface area (TPSA) is 75.3 Å². The minimum absolute atomic E-state index is 0.0434. The van der Waals surface area contributed by atoms with Crippen molar-refractivity contribution in [2.24, 2.45) is 0 Å². The molecule has 2 N–H and O–H groups in total. The molecule has 140 valence electrons. The summed E-state index contributed by atoms with van der Waals surface area (Å²) in [4.78, 5) is 12.4. The number of thiophene rings is 1. The van der Waals surface area contributed by atoms with E-state index in [-0.39, 0.29) is 22.1 Å². The van der Waals surface area contributed by atoms with Crippen molar-refractivity contribution in [3.05, 3.63) is 81.8 Å². The molecule has 1 aromatic heterocycles. The van der Waals surface area contributed by atoms with Crippen molar-refractivity contribution >= 4 is 33.0 Å². The van der Waals surface area contributed by atoms with Crippen molar-refractivity contribution < 1.29 is 17.6 Å². The van der Waals surface area contributed by atoms with Crippen molar-refractivity contribution in [2.75, 3.05) is 4.72 Å². The molecule has 1 amide bonds. The normalized spacial score (nSPS) is 11.2. The van der Waals surface area contributed by atoms with Gasteiger partial charge in [0.25, 0.3) is 15.9 Å². The van der Waals surface area contributed by atoms with Crippen LogP contribution in [0.1, 0.15) is 21.5 Å². The molecule has 0 aliphatic heterocycles. The average molecular weight is 404 g/mol. The van der Waals surface area contributed by atoms with Crippen molar-refractivity contribution in [1.29, 1.82) is 0 Å². The standard InChI is InChI=1S/C19H17FN2O3S2/c1-13-2-7-17(27(24,25)22-16-5-3-15(20)4-6-16)10-18(13)19(23)21-11-14-8-9-26-12-14/h2-10,12,22H,11H2,1H3,(H,21,23). The molecule has 0 unspecified atom stereocenters. The van der Waals surface area contributed by atoms with E-state index in [9.17, 15) is 17.6 Å². The van der Waals surface area contributed by atoms with Gasteiger partial charge in [0.05, 0.1) is 4.90 Å². The summed E-state index contributed by atoms with van der Waals surface area (Å²) in [7, 11) is -3.91. The Morgan fingerprint density at radius 1 is 1.11 bits per heavy atom. The van der Waals surface area contributed by atoms with Gasteiger partial charge < -0.3 is 5.32 Å². The molecule has 27 heavy (non-hydrogen) atoms. The molecule has 0 radical (unpaired) electrons. The van der Waals surface area contributed by atoms with Gasteiger partial charge in [-0.15, -0.1) is 0 Å². The van der Waals surface area contributed by atoms with Crippen LogP contribution in [0.2, 0.25) is 0 Å². The first-order chi connectivity index (χ1) is 12.8. The molecule has 3 aromatic rings. The second-order valence-electron chi connectivity index (χ2n) is 5.90. The van der Waals surface area contributed by atoms with Crippen LogP contribution >= 0.6 is 11.3 Å². The molecule has 0 aliphatic rings. The van der Waals surface area contributed by atoms with E-state index in [4.69, 9.17) is 0 Å². The van der Waals surface area contributed by atoms with Crippen LogP contribution < -0.4 is 10.0 Å². The van der Waals surface area contributed by atoms with Crippen molar-refractivity contribution in [1.82, 2.24) is 5.32 Å². The fourth-order valence-electron chi connectivity index (χ4n) is 2.42. The number of anilines is 1. The summed E-state index contributed by atoms with van der Waals surface area (Å²) in [5.41, 5.74) is 2.17. The Bertz CT molecular complexity index is 1050. The average Bonchev–Trinajstić information content (AvgIpc) is 3.15. The maximum Gasteiger partial charge on any atom is 0.261 e. The number of aryl methyl sites for hydroxylation is 1. The zero-order valence-corrected chi connectivity index (χ0v) is 16.0. The Hall–Kier alpha value is -2.71. The maximum atomic E-state index is 13.0. The number of benzene rings is 2. The largest absolute Gasteiger partial charge is 0.348 e. The monoisotopic (exact) mass is 404 g/mol. The van der Waals surface area contributed by atoms with E-state index in [2.05, 4.69) is 10.0 Å². The molecule has 8 heteroatoms. The van der Waals surface area contributed by atoms with E-state index >= 15 is 0 Å². The first-order valence-electron chi connectivity index (χ1n) is 8.03. The molecule has 2 aromatic carbocycles. The molecule has 5 nitrogen and oxygen atoms in total. The molecule has 0 saturated heterocycles. The van der Waals surface area contributed by atoms with Crippen molar-refractivity contribution in [3.63, 3.8) is 0 Å². The summed E-state index contributed by atoms with van der Waals surface area (Å²) in [6, 6.07) is 11.2. The fraction of sp³-hybridized carbons (Fsp3) is 0.105. The van der Waals surface area contributed by atoms with E-state index in [1.807, 2.05) is 16.8 Å². The molecule has 0 bridgehead atoms. The van der Waals surface area contributed by atoms with Crippen molar-refractivity contribution in [2.45, 2.75) is 18.4 Å². The number of rotatable bonds is 6. The lowest BCUT2D eigenvalue weighted by atomic mass is 10.1. The third kappa shape index (κ3) is 4.72. The minimum Gasteiger partial charge on any atom is -0.348 e. The Kier molecular flexibility index (Phi) is 5.57. The highest BCUT2D eigenvalue weighted by Gasteiger charge is 2.18. The second kappa shape index (κ2) is 7.89. The van der Waals surface area contributed by atoms with E-state index in [1.165, 1.54) is 35.6 Å². The molecular weight excluding hydrogens is 387 g/mol. The summed E-state index contributed by atoms with van der Waals surface area (Å²) < 4.78 is 40.5. The SMILES string of the molecule is Cc1ccc(S(=O)(=O)Nc2ccc(F)cc2)cc1C(=O)NCc1ccsc1. The van der Waals surface area contributed by atoms with E-state index in [1.54, 1.807) is 13.0 Å². The van der Waals surface area contributed by atoms with Gasteiger partial charge in [0.2, 0.25) is 0 Å². The Labute approximate surface area is 160 Å². The van der Waals surface area contributed by atoms with Gasteiger partial charge in [-0.05, 0) is 71.3 Å². The van der Waals surface area contributed by atoms with Crippen LogP contribution in [0, 0.1) is 12.7 Å². The van der Waals surface area contributed by atoms with Gasteiger partial charge in [-0.25, -0.2) is 12.8 Å². The number of hydrogen-bond donors (Lipinski definition) is 2. The highest BCUT2D eigenvalue weighted by Crippen LogP contribution is 2.20. The van der Waals surface area contributed by atoms with E-state index < -0.39 is 15.8 Å². The third-order valence-corrected chi connectivity index (χ3v) is 6.00. The minimum atomic E-state index is -3.91. The van der Waals surface area contributed by atoms with Crippen LogP contribution in [-0.2, 0) is 16.6 Å². The lowest BCUT2D eigenvalue weighted by Gasteiger charge is -2.12. The van der Waals surface area contributed by atoms with Gasteiger partial charge in [-0.1, -0.05) is 6.07 Å². The number of halogens is 1. The Morgan fingerprint density at radius 2 is 1.85 bits per heavy atom. The number of hydrogen-bond acceptors (Lipinski definition) is 4. The first-order valence-corrected chi connectivity index (χ1v) is 10.5. The highest BCUT2D eigenvalue weighted by molar-refractivity contribution is 7.92. The zero-order chi connectivity index (χ0) is 19.4. The molecule has 0 saturated carbocycles. The number of carbonyl (C=O) groups excluding carboxylic acids is 1. The molecule has 0 aliphatic carbocycles. The summed E-state index contributed by atoms with van der Waals surface area (Å²) in [6.07, 6.45) is 0. The lowest BCUT2D eigenvalue weighted by molar-refractivity contribution is 0.0950. The number of sulfonamides is 1. The van der Waals surface area contributed by atoms with Crippen LogP contribution in [0.5, 0.6) is 0 Å². The van der Waals surface area contributed by atoms with E-state index in [0.717, 1.165) is 17.7 Å². The van der Waals surface area contributed by atoms with Gasteiger partial charge >= 0.3 is 0 Å². The lowest BCUT2D eigenvalue weighted by Crippen LogP contribution is -2.24. The Morgan fingerprint density at radius 3 is 2.52 bits per heavy atom. The molecule has 0 atom stereocenters. The molecular formula is C19H17FN2O3S2. The highest BCUT2D eigenvalue weighted by atomic mass is 32.2. The summed E-state index contributed by atoms with van der Waals surface area (Å²) in [5, 5.41) is 6.64. The predicted molar refractivity (Wildman–Crippen MR) is 104 cm³/mol. The van der Waals surface area contributed by atoms with E-state index in [0.29, 0.717) is 12.1 Å². The van der Waals surface area contributed by atoms with Gasteiger partial charge in [-0.2, -0.15) is 11.3 Å². The third-order valence-electron chi connectivity index (χ3n) is 3.89. The van der Waals surface area contributed by atoms with Crippen LogP contribution in [0.25, 0.3) is 0 Å². The van der Waals surface area contributed by atoms with Gasteiger partial charge in [0.15, 0.2) is 0 Å². The first kappa shape index (κ1) is 19.1.